The number of methoxy groups -OCH3 is 1. The van der Waals surface area contributed by atoms with Gasteiger partial charge < -0.3 is 4.74 Å². The summed E-state index contributed by atoms with van der Waals surface area (Å²) in [6.07, 6.45) is 6.75. The summed E-state index contributed by atoms with van der Waals surface area (Å²) < 4.78 is 33.7. The van der Waals surface area contributed by atoms with Crippen LogP contribution in [0, 0.1) is 0 Å². The summed E-state index contributed by atoms with van der Waals surface area (Å²) in [7, 11) is -2.36. The maximum Gasteiger partial charge on any atom is 0.257 e. The lowest BCUT2D eigenvalue weighted by Gasteiger charge is -2.15. The number of fused-ring (bicyclic) bond motifs is 1. The third-order valence-corrected chi connectivity index (χ3v) is 7.82. The van der Waals surface area contributed by atoms with Crippen LogP contribution < -0.4 is 14.8 Å². The topological polar surface area (TPSA) is 97.4 Å². The van der Waals surface area contributed by atoms with E-state index < -0.39 is 10.0 Å². The van der Waals surface area contributed by atoms with Gasteiger partial charge in [0.1, 0.15) is 10.6 Å². The molecule has 0 saturated heterocycles. The van der Waals surface area contributed by atoms with Crippen molar-refractivity contribution in [1.29, 1.82) is 0 Å². The van der Waals surface area contributed by atoms with Gasteiger partial charge in [-0.1, -0.05) is 12.8 Å². The van der Waals surface area contributed by atoms with Crippen molar-refractivity contribution in [3.8, 4) is 5.75 Å². The Morgan fingerprint density at radius 3 is 2.71 bits per heavy atom. The number of thiazole rings is 1. The van der Waals surface area contributed by atoms with Crippen molar-refractivity contribution >= 4 is 32.4 Å². The minimum Gasteiger partial charge on any atom is -0.495 e. The van der Waals surface area contributed by atoms with Crippen molar-refractivity contribution in [2.75, 3.05) is 12.4 Å². The number of hydrogen-bond donors (Lipinski definition) is 2. The molecule has 1 heterocycles. The molecule has 2 aromatic rings. The second kappa shape index (κ2) is 7.81. The van der Waals surface area contributed by atoms with Gasteiger partial charge >= 0.3 is 0 Å². The second-order valence-corrected chi connectivity index (χ2v) is 9.93. The third-order valence-electron chi connectivity index (χ3n) is 5.21. The average Bonchev–Trinajstić information content (AvgIpc) is 3.39. The maximum absolute atomic E-state index is 12.9. The molecule has 7 nitrogen and oxygen atoms in total. The molecule has 1 aromatic carbocycles. The monoisotopic (exact) mass is 421 g/mol. The van der Waals surface area contributed by atoms with Crippen molar-refractivity contribution in [3.63, 3.8) is 0 Å². The van der Waals surface area contributed by atoms with E-state index in [-0.39, 0.29) is 28.2 Å². The number of aryl methyl sites for hydroxylation is 2. The van der Waals surface area contributed by atoms with Crippen LogP contribution in [0.15, 0.2) is 23.1 Å². The fraction of sp³-hybridized carbons (Fsp3) is 0.474. The number of hydrogen-bond acceptors (Lipinski definition) is 6. The molecule has 2 N–H and O–H groups in total. The Labute approximate surface area is 168 Å². The Morgan fingerprint density at radius 1 is 1.21 bits per heavy atom. The number of carbonyl (C=O) groups is 1. The highest BCUT2D eigenvalue weighted by atomic mass is 32.2. The molecular weight excluding hydrogens is 398 g/mol. The van der Waals surface area contributed by atoms with Crippen LogP contribution in [0.4, 0.5) is 5.13 Å². The van der Waals surface area contributed by atoms with E-state index >= 15 is 0 Å². The number of nitrogens with zero attached hydrogens (tertiary/aromatic N) is 1. The van der Waals surface area contributed by atoms with Crippen molar-refractivity contribution in [1.82, 2.24) is 9.71 Å². The summed E-state index contributed by atoms with van der Waals surface area (Å²) in [5.41, 5.74) is 1.31. The zero-order valence-electron chi connectivity index (χ0n) is 15.7. The number of aromatic nitrogens is 1. The molecule has 1 fully saturated rings. The lowest BCUT2D eigenvalue weighted by molar-refractivity contribution is 0.102. The molecule has 2 aliphatic rings. The summed E-state index contributed by atoms with van der Waals surface area (Å²) in [6, 6.07) is 4.38. The van der Waals surface area contributed by atoms with E-state index in [9.17, 15) is 13.2 Å². The van der Waals surface area contributed by atoms with E-state index in [1.807, 2.05) is 0 Å². The van der Waals surface area contributed by atoms with Crippen molar-refractivity contribution in [2.45, 2.75) is 55.9 Å². The van der Waals surface area contributed by atoms with E-state index in [1.54, 1.807) is 6.07 Å². The van der Waals surface area contributed by atoms with Crippen LogP contribution in [0.25, 0.3) is 0 Å². The number of carbonyl (C=O) groups excluding carboxylic acids is 1. The molecule has 1 saturated carbocycles. The van der Waals surface area contributed by atoms with Gasteiger partial charge in [0.25, 0.3) is 5.91 Å². The van der Waals surface area contributed by atoms with Crippen LogP contribution in [-0.2, 0) is 22.9 Å². The van der Waals surface area contributed by atoms with E-state index in [2.05, 4.69) is 15.0 Å². The molecule has 1 amide bonds. The van der Waals surface area contributed by atoms with Crippen LogP contribution in [0.1, 0.15) is 53.0 Å². The van der Waals surface area contributed by atoms with Crippen LogP contribution in [-0.4, -0.2) is 32.5 Å². The number of benzene rings is 1. The summed E-state index contributed by atoms with van der Waals surface area (Å²) in [5.74, 6) is -0.164. The van der Waals surface area contributed by atoms with Gasteiger partial charge in [-0.15, -0.1) is 11.3 Å². The molecule has 2 aliphatic carbocycles. The van der Waals surface area contributed by atoms with Crippen LogP contribution in [0.5, 0.6) is 5.75 Å². The normalized spacial score (nSPS) is 16.9. The Morgan fingerprint density at radius 2 is 2.00 bits per heavy atom. The zero-order valence-corrected chi connectivity index (χ0v) is 17.3. The highest BCUT2D eigenvalue weighted by Gasteiger charge is 2.27. The van der Waals surface area contributed by atoms with Gasteiger partial charge in [0.2, 0.25) is 10.0 Å². The predicted octanol–water partition coefficient (Wildman–Crippen LogP) is 3.11. The summed E-state index contributed by atoms with van der Waals surface area (Å²) in [6.45, 7) is 0. The minimum atomic E-state index is -3.78. The average molecular weight is 422 g/mol. The number of anilines is 1. The first-order valence-corrected chi connectivity index (χ1v) is 11.8. The standard InChI is InChI=1S/C19H23N3O4S2/c1-26-15-10-9-12(11-17(15)28(24,25)22-13-5-2-3-6-13)18(23)21-19-20-14-7-4-8-16(14)27-19/h9-11,13,22H,2-8H2,1H3,(H,20,21,23). The molecule has 28 heavy (non-hydrogen) atoms. The summed E-state index contributed by atoms with van der Waals surface area (Å²) in [4.78, 5) is 18.3. The fourth-order valence-electron chi connectivity index (χ4n) is 3.77. The molecule has 9 heteroatoms. The van der Waals surface area contributed by atoms with Crippen molar-refractivity contribution < 1.29 is 17.9 Å². The quantitative estimate of drug-likeness (QED) is 0.747. The van der Waals surface area contributed by atoms with Gasteiger partial charge in [-0.2, -0.15) is 0 Å². The number of sulfonamides is 1. The number of ether oxygens (including phenoxy) is 1. The molecule has 0 unspecified atom stereocenters. The molecule has 0 atom stereocenters. The predicted molar refractivity (Wildman–Crippen MR) is 108 cm³/mol. The molecule has 0 radical (unpaired) electrons. The minimum absolute atomic E-state index is 0.0174. The lowest BCUT2D eigenvalue weighted by atomic mass is 10.2. The van der Waals surface area contributed by atoms with E-state index in [4.69, 9.17) is 4.74 Å². The largest absolute Gasteiger partial charge is 0.495 e. The Balaban J connectivity index is 1.57. The smallest absolute Gasteiger partial charge is 0.257 e. The Kier molecular flexibility index (Phi) is 5.39. The van der Waals surface area contributed by atoms with Gasteiger partial charge in [-0.3, -0.25) is 10.1 Å². The Hall–Kier alpha value is -1.97. The van der Waals surface area contributed by atoms with Crippen LogP contribution in [0.3, 0.4) is 0 Å². The second-order valence-electron chi connectivity index (χ2n) is 7.16. The van der Waals surface area contributed by atoms with Gasteiger partial charge in [0, 0.05) is 16.5 Å². The van der Waals surface area contributed by atoms with Gasteiger partial charge in [-0.05, 0) is 50.3 Å². The molecule has 150 valence electrons. The molecule has 0 bridgehead atoms. The number of rotatable bonds is 6. The third kappa shape index (κ3) is 3.92. The zero-order chi connectivity index (χ0) is 19.7. The van der Waals surface area contributed by atoms with E-state index in [1.165, 1.54) is 35.5 Å². The van der Waals surface area contributed by atoms with Crippen molar-refractivity contribution in [3.05, 3.63) is 34.3 Å². The highest BCUT2D eigenvalue weighted by Crippen LogP contribution is 2.31. The van der Waals surface area contributed by atoms with E-state index in [0.29, 0.717) is 5.13 Å². The SMILES string of the molecule is COc1ccc(C(=O)Nc2nc3c(s2)CCC3)cc1S(=O)(=O)NC1CCCC1. The number of nitrogens with one attached hydrogen (secondary N) is 2. The molecule has 1 aromatic heterocycles. The van der Waals surface area contributed by atoms with Crippen molar-refractivity contribution in [2.24, 2.45) is 0 Å². The first-order chi connectivity index (χ1) is 13.5. The first-order valence-electron chi connectivity index (χ1n) is 9.46. The molecule has 4 rings (SSSR count). The van der Waals surface area contributed by atoms with Gasteiger partial charge in [-0.25, -0.2) is 18.1 Å². The molecule has 0 spiro atoms. The lowest BCUT2D eigenvalue weighted by Crippen LogP contribution is -2.33. The molecule has 0 aliphatic heterocycles. The van der Waals surface area contributed by atoms with Crippen LogP contribution in [0.2, 0.25) is 0 Å². The Bertz CT molecular complexity index is 973. The summed E-state index contributed by atoms with van der Waals surface area (Å²) >= 11 is 1.49. The first kappa shape index (κ1) is 19.4. The highest BCUT2D eigenvalue weighted by molar-refractivity contribution is 7.89. The van der Waals surface area contributed by atoms with Gasteiger partial charge in [0.05, 0.1) is 12.8 Å². The molecular formula is C19H23N3O4S2. The maximum atomic E-state index is 12.9. The fourth-order valence-corrected chi connectivity index (χ4v) is 6.31. The van der Waals surface area contributed by atoms with E-state index in [0.717, 1.165) is 50.6 Å². The summed E-state index contributed by atoms with van der Waals surface area (Å²) in [5, 5.41) is 3.34. The van der Waals surface area contributed by atoms with Gasteiger partial charge in [0.15, 0.2) is 5.13 Å². The number of amides is 1. The van der Waals surface area contributed by atoms with Crippen LogP contribution >= 0.6 is 11.3 Å².